The van der Waals surface area contributed by atoms with Crippen molar-refractivity contribution in [2.75, 3.05) is 39.2 Å². The number of hydrogen-bond donors (Lipinski definition) is 2. The van der Waals surface area contributed by atoms with E-state index in [0.717, 1.165) is 25.1 Å². The maximum atomic E-state index is 15.0. The van der Waals surface area contributed by atoms with E-state index in [1.807, 2.05) is 7.05 Å². The first-order chi connectivity index (χ1) is 18.9. The van der Waals surface area contributed by atoms with Gasteiger partial charge < -0.3 is 29.6 Å². The smallest absolute Gasteiger partial charge is 0.261 e. The minimum absolute atomic E-state index is 0.102. The molecule has 0 aliphatic rings. The van der Waals surface area contributed by atoms with Gasteiger partial charge >= 0.3 is 0 Å². The molecule has 2 N–H and O–H groups in total. The first kappa shape index (κ1) is 27.5. The Morgan fingerprint density at radius 1 is 0.974 bits per heavy atom. The molecule has 0 aliphatic carbocycles. The summed E-state index contributed by atoms with van der Waals surface area (Å²) in [7, 11) is 3.35. The Morgan fingerprint density at radius 3 is 2.46 bits per heavy atom. The van der Waals surface area contributed by atoms with Gasteiger partial charge in [0.2, 0.25) is 0 Å². The van der Waals surface area contributed by atoms with Crippen LogP contribution in [-0.2, 0) is 0 Å². The minimum atomic E-state index is -1.01. The number of rotatable bonds is 12. The highest BCUT2D eigenvalue weighted by molar-refractivity contribution is 6.06. The second kappa shape index (κ2) is 12.8. The van der Waals surface area contributed by atoms with Gasteiger partial charge in [-0.15, -0.1) is 0 Å². The second-order valence-corrected chi connectivity index (χ2v) is 8.26. The van der Waals surface area contributed by atoms with E-state index < -0.39 is 23.3 Å². The highest BCUT2D eigenvalue weighted by Gasteiger charge is 2.19. The summed E-state index contributed by atoms with van der Waals surface area (Å²) in [6.45, 7) is 3.36. The van der Waals surface area contributed by atoms with Crippen LogP contribution < -0.4 is 29.6 Å². The molecule has 0 saturated heterocycles. The topological polar surface area (TPSA) is 104 Å². The molecule has 2 aromatic heterocycles. The molecule has 2 heterocycles. The van der Waals surface area contributed by atoms with Crippen molar-refractivity contribution in [1.82, 2.24) is 15.3 Å². The van der Waals surface area contributed by atoms with Crippen LogP contribution in [0.1, 0.15) is 23.7 Å². The molecule has 0 saturated carbocycles. The summed E-state index contributed by atoms with van der Waals surface area (Å²) in [6, 6.07) is 8.27. The predicted octanol–water partition coefficient (Wildman–Crippen LogP) is 5.35. The fourth-order valence-corrected chi connectivity index (χ4v) is 3.79. The molecule has 0 fully saturated rings. The van der Waals surface area contributed by atoms with Gasteiger partial charge in [-0.25, -0.2) is 8.78 Å². The number of anilines is 1. The molecule has 39 heavy (non-hydrogen) atoms. The van der Waals surface area contributed by atoms with Gasteiger partial charge in [0.05, 0.1) is 31.4 Å². The van der Waals surface area contributed by atoms with Gasteiger partial charge in [-0.3, -0.25) is 14.8 Å². The van der Waals surface area contributed by atoms with Crippen LogP contribution in [0.3, 0.4) is 0 Å². The van der Waals surface area contributed by atoms with E-state index in [4.69, 9.17) is 18.9 Å². The summed E-state index contributed by atoms with van der Waals surface area (Å²) < 4.78 is 52.4. The summed E-state index contributed by atoms with van der Waals surface area (Å²) in [5.74, 6) is -1.91. The van der Waals surface area contributed by atoms with Gasteiger partial charge in [0.25, 0.3) is 5.91 Å². The molecule has 0 unspecified atom stereocenters. The SMILES string of the molecule is CCOc1ccncc1C(=O)Nc1cc(F)c(Oc2ccnc3cc(OCCCNC)c(OC)cc23)c(F)c1. The van der Waals surface area contributed by atoms with Crippen LogP contribution >= 0.6 is 0 Å². The van der Waals surface area contributed by atoms with E-state index >= 15 is 8.78 Å². The van der Waals surface area contributed by atoms with E-state index in [1.165, 1.54) is 37.8 Å². The molecule has 4 rings (SSSR count). The Labute approximate surface area is 224 Å². The summed E-state index contributed by atoms with van der Waals surface area (Å²) in [5, 5.41) is 5.98. The fourth-order valence-electron chi connectivity index (χ4n) is 3.79. The summed E-state index contributed by atoms with van der Waals surface area (Å²) in [4.78, 5) is 20.9. The predicted molar refractivity (Wildman–Crippen MR) is 142 cm³/mol. The lowest BCUT2D eigenvalue weighted by Crippen LogP contribution is -2.14. The van der Waals surface area contributed by atoms with Crippen molar-refractivity contribution >= 4 is 22.5 Å². The number of fused-ring (bicyclic) bond motifs is 1. The number of carbonyl (C=O) groups excluding carboxylic acids is 1. The van der Waals surface area contributed by atoms with Crippen molar-refractivity contribution in [2.24, 2.45) is 0 Å². The van der Waals surface area contributed by atoms with Crippen LogP contribution in [0.4, 0.5) is 14.5 Å². The van der Waals surface area contributed by atoms with Gasteiger partial charge in [-0.2, -0.15) is 0 Å². The molecule has 0 spiro atoms. The van der Waals surface area contributed by atoms with Crippen molar-refractivity contribution < 1.29 is 32.5 Å². The average Bonchev–Trinajstić information content (AvgIpc) is 2.93. The third-order valence-corrected chi connectivity index (χ3v) is 5.61. The van der Waals surface area contributed by atoms with Crippen LogP contribution in [0.25, 0.3) is 10.9 Å². The number of nitrogens with zero attached hydrogens (tertiary/aromatic N) is 2. The van der Waals surface area contributed by atoms with E-state index in [1.54, 1.807) is 19.1 Å². The van der Waals surface area contributed by atoms with Crippen molar-refractivity contribution in [3.63, 3.8) is 0 Å². The Morgan fingerprint density at radius 2 is 1.74 bits per heavy atom. The van der Waals surface area contributed by atoms with Crippen LogP contribution in [0.2, 0.25) is 0 Å². The van der Waals surface area contributed by atoms with Crippen molar-refractivity contribution in [2.45, 2.75) is 13.3 Å². The molecule has 2 aromatic carbocycles. The van der Waals surface area contributed by atoms with Gasteiger partial charge in [-0.05, 0) is 45.1 Å². The van der Waals surface area contributed by atoms with Crippen molar-refractivity contribution in [1.29, 1.82) is 0 Å². The zero-order valence-corrected chi connectivity index (χ0v) is 21.7. The number of nitrogens with one attached hydrogen (secondary N) is 2. The Hall–Kier alpha value is -4.51. The Kier molecular flexibility index (Phi) is 9.06. The lowest BCUT2D eigenvalue weighted by molar-refractivity contribution is 0.102. The largest absolute Gasteiger partial charge is 0.493 e. The van der Waals surface area contributed by atoms with Crippen LogP contribution in [0, 0.1) is 11.6 Å². The highest BCUT2D eigenvalue weighted by Crippen LogP contribution is 2.38. The normalized spacial score (nSPS) is 10.8. The Bertz CT molecular complexity index is 1440. The lowest BCUT2D eigenvalue weighted by Gasteiger charge is -2.15. The standard InChI is InChI=1S/C28H28F2N4O5/c1-4-37-23-6-9-32-16-19(23)28(35)34-17-12-20(29)27(21(30)13-17)39-24-7-10-33-22-15-26(38-11-5-8-31-2)25(36-3)14-18(22)24/h6-7,9-10,12-16,31H,4-5,8,11H2,1-3H3,(H,34,35). The number of methoxy groups -OCH3 is 1. The number of amides is 1. The van der Waals surface area contributed by atoms with Crippen molar-refractivity contribution in [3.05, 3.63) is 72.2 Å². The quantitative estimate of drug-likeness (QED) is 0.233. The zero-order chi connectivity index (χ0) is 27.8. The number of pyridine rings is 2. The second-order valence-electron chi connectivity index (χ2n) is 8.26. The molecule has 4 aromatic rings. The van der Waals surface area contributed by atoms with E-state index in [9.17, 15) is 4.79 Å². The highest BCUT2D eigenvalue weighted by atomic mass is 19.1. The van der Waals surface area contributed by atoms with Gasteiger partial charge in [-0.1, -0.05) is 0 Å². The number of aromatic nitrogens is 2. The Balaban J connectivity index is 1.58. The molecule has 0 aliphatic heterocycles. The molecule has 204 valence electrons. The number of ether oxygens (including phenoxy) is 4. The maximum absolute atomic E-state index is 15.0. The first-order valence-electron chi connectivity index (χ1n) is 12.2. The third-order valence-electron chi connectivity index (χ3n) is 5.61. The summed E-state index contributed by atoms with van der Waals surface area (Å²) in [6.07, 6.45) is 5.04. The minimum Gasteiger partial charge on any atom is -0.493 e. The van der Waals surface area contributed by atoms with E-state index in [0.29, 0.717) is 41.4 Å². The molecule has 9 nitrogen and oxygen atoms in total. The first-order valence-corrected chi connectivity index (χ1v) is 12.2. The van der Waals surface area contributed by atoms with E-state index in [-0.39, 0.29) is 17.0 Å². The van der Waals surface area contributed by atoms with Crippen LogP contribution in [0.15, 0.2) is 55.0 Å². The third kappa shape index (κ3) is 6.50. The van der Waals surface area contributed by atoms with Gasteiger partial charge in [0.15, 0.2) is 28.9 Å². The van der Waals surface area contributed by atoms with Crippen LogP contribution in [0.5, 0.6) is 28.7 Å². The molecule has 11 heteroatoms. The monoisotopic (exact) mass is 538 g/mol. The zero-order valence-electron chi connectivity index (χ0n) is 21.7. The van der Waals surface area contributed by atoms with Crippen LogP contribution in [-0.4, -0.2) is 49.8 Å². The maximum Gasteiger partial charge on any atom is 0.261 e. The fraction of sp³-hybridized carbons (Fsp3) is 0.250. The number of halogens is 2. The molecular formula is C28H28F2N4O5. The molecule has 1 amide bonds. The molecule has 0 radical (unpaired) electrons. The van der Waals surface area contributed by atoms with Gasteiger partial charge in [0.1, 0.15) is 11.5 Å². The molecule has 0 bridgehead atoms. The van der Waals surface area contributed by atoms with E-state index in [2.05, 4.69) is 20.6 Å². The number of benzene rings is 2. The van der Waals surface area contributed by atoms with Gasteiger partial charge in [0, 0.05) is 47.9 Å². The number of carbonyl (C=O) groups is 1. The summed E-state index contributed by atoms with van der Waals surface area (Å²) >= 11 is 0. The average molecular weight is 539 g/mol. The van der Waals surface area contributed by atoms with Crippen molar-refractivity contribution in [3.8, 4) is 28.7 Å². The number of hydrogen-bond acceptors (Lipinski definition) is 8. The molecule has 0 atom stereocenters. The summed E-state index contributed by atoms with van der Waals surface area (Å²) in [5.41, 5.74) is 0.515. The lowest BCUT2D eigenvalue weighted by atomic mass is 10.1. The molecular weight excluding hydrogens is 510 g/mol.